The Balaban J connectivity index is 2.13. The predicted molar refractivity (Wildman–Crippen MR) is 70.4 cm³/mol. The fourth-order valence-corrected chi connectivity index (χ4v) is 2.23. The lowest BCUT2D eigenvalue weighted by Crippen LogP contribution is -2.06. The zero-order valence-corrected chi connectivity index (χ0v) is 10.7. The third kappa shape index (κ3) is 3.05. The molecule has 0 aliphatic rings. The molecule has 0 bridgehead atoms. The predicted octanol–water partition coefficient (Wildman–Crippen LogP) is 2.53. The van der Waals surface area contributed by atoms with Gasteiger partial charge in [0, 0.05) is 6.20 Å². The first-order valence-electron chi connectivity index (χ1n) is 5.60. The zero-order valence-electron chi connectivity index (χ0n) is 9.85. The van der Waals surface area contributed by atoms with Crippen molar-refractivity contribution in [2.75, 3.05) is 6.54 Å². The third-order valence-corrected chi connectivity index (χ3v) is 3.30. The van der Waals surface area contributed by atoms with E-state index in [2.05, 4.69) is 24.0 Å². The first-order valence-corrected chi connectivity index (χ1v) is 6.48. The molecule has 1 heterocycles. The molecule has 17 heavy (non-hydrogen) atoms. The van der Waals surface area contributed by atoms with Crippen LogP contribution in [0.4, 0.5) is 0 Å². The number of hydrogen-bond donors (Lipinski definition) is 1. The van der Waals surface area contributed by atoms with E-state index >= 15 is 0 Å². The third-order valence-electron chi connectivity index (χ3n) is 2.55. The van der Waals surface area contributed by atoms with Crippen LogP contribution in [0.1, 0.15) is 16.0 Å². The number of thiazole rings is 1. The summed E-state index contributed by atoms with van der Waals surface area (Å²) in [5.74, 6) is 0.964. The summed E-state index contributed by atoms with van der Waals surface area (Å²) in [5.41, 5.74) is 9.75. The topological polar surface area (TPSA) is 48.1 Å². The first kappa shape index (κ1) is 12.1. The lowest BCUT2D eigenvalue weighted by Gasteiger charge is -2.12. The maximum Gasteiger partial charge on any atom is 0.125 e. The minimum Gasteiger partial charge on any atom is -0.487 e. The largest absolute Gasteiger partial charge is 0.487 e. The van der Waals surface area contributed by atoms with Crippen LogP contribution in [0.25, 0.3) is 0 Å². The molecule has 1 aromatic heterocycles. The van der Waals surface area contributed by atoms with Crippen LogP contribution < -0.4 is 10.5 Å². The van der Waals surface area contributed by atoms with Crippen molar-refractivity contribution in [3.8, 4) is 5.75 Å². The van der Waals surface area contributed by atoms with E-state index in [1.165, 1.54) is 5.56 Å². The molecule has 2 rings (SSSR count). The Labute approximate surface area is 105 Å². The lowest BCUT2D eigenvalue weighted by molar-refractivity contribution is 0.304. The number of nitrogens with two attached hydrogens (primary N) is 1. The van der Waals surface area contributed by atoms with E-state index in [0.29, 0.717) is 13.2 Å². The van der Waals surface area contributed by atoms with E-state index in [0.717, 1.165) is 22.6 Å². The Hall–Kier alpha value is -1.39. The minimum absolute atomic E-state index is 0.576. The normalized spacial score (nSPS) is 10.5. The van der Waals surface area contributed by atoms with E-state index in [1.807, 2.05) is 17.8 Å². The maximum atomic E-state index is 5.88. The summed E-state index contributed by atoms with van der Waals surface area (Å²) in [5, 5.41) is 0. The number of rotatable bonds is 5. The van der Waals surface area contributed by atoms with Gasteiger partial charge in [-0.25, -0.2) is 0 Å². The maximum absolute atomic E-state index is 5.88. The second-order valence-corrected chi connectivity index (χ2v) is 4.83. The molecule has 2 N–H and O–H groups in total. The first-order chi connectivity index (χ1) is 8.31. The highest BCUT2D eigenvalue weighted by Crippen LogP contribution is 2.25. The molecule has 0 aliphatic carbocycles. The van der Waals surface area contributed by atoms with Gasteiger partial charge in [-0.2, -0.15) is 0 Å². The van der Waals surface area contributed by atoms with Gasteiger partial charge < -0.3 is 10.5 Å². The smallest absolute Gasteiger partial charge is 0.125 e. The Kier molecular flexibility index (Phi) is 4.12. The van der Waals surface area contributed by atoms with E-state index in [4.69, 9.17) is 10.5 Å². The molecular weight excluding hydrogens is 232 g/mol. The van der Waals surface area contributed by atoms with Gasteiger partial charge >= 0.3 is 0 Å². The number of aromatic nitrogens is 1. The molecule has 4 heteroatoms. The molecular formula is C13H16N2OS. The highest BCUT2D eigenvalue weighted by molar-refractivity contribution is 7.09. The average molecular weight is 248 g/mol. The average Bonchev–Trinajstić information content (AvgIpc) is 2.82. The summed E-state index contributed by atoms with van der Waals surface area (Å²) in [6.07, 6.45) is 2.69. The van der Waals surface area contributed by atoms with Gasteiger partial charge in [-0.05, 0) is 31.0 Å². The molecule has 0 radical (unpaired) electrons. The van der Waals surface area contributed by atoms with Gasteiger partial charge in [-0.3, -0.25) is 4.98 Å². The van der Waals surface area contributed by atoms with Crippen molar-refractivity contribution in [3.63, 3.8) is 0 Å². The molecule has 2 aromatic rings. The number of benzene rings is 1. The second-order valence-electron chi connectivity index (χ2n) is 3.86. The van der Waals surface area contributed by atoms with Crippen LogP contribution in [0.15, 0.2) is 29.9 Å². The number of ether oxygens (including phenoxy) is 1. The SMILES string of the molecule is Cc1cccc(CCN)c1OCc1cncs1. The van der Waals surface area contributed by atoms with E-state index in [9.17, 15) is 0 Å². The van der Waals surface area contributed by atoms with Crippen LogP contribution in [0.5, 0.6) is 5.75 Å². The van der Waals surface area contributed by atoms with Crippen molar-refractivity contribution in [3.05, 3.63) is 45.9 Å². The van der Waals surface area contributed by atoms with Crippen molar-refractivity contribution >= 4 is 11.3 Å². The fraction of sp³-hybridized carbons (Fsp3) is 0.308. The Morgan fingerprint density at radius 1 is 1.41 bits per heavy atom. The standard InChI is InChI=1S/C13H16N2OS/c1-10-3-2-4-11(5-6-14)13(10)16-8-12-7-15-9-17-12/h2-4,7,9H,5-6,8,14H2,1H3. The Bertz CT molecular complexity index is 468. The molecule has 0 spiro atoms. The monoisotopic (exact) mass is 248 g/mol. The lowest BCUT2D eigenvalue weighted by atomic mass is 10.1. The van der Waals surface area contributed by atoms with Crippen LogP contribution in [-0.2, 0) is 13.0 Å². The summed E-state index contributed by atoms with van der Waals surface area (Å²) < 4.78 is 5.88. The van der Waals surface area contributed by atoms with Gasteiger partial charge in [0.15, 0.2) is 0 Å². The quantitative estimate of drug-likeness (QED) is 0.884. The fourth-order valence-electron chi connectivity index (χ4n) is 1.73. The number of nitrogens with zero attached hydrogens (tertiary/aromatic N) is 1. The molecule has 0 aliphatic heterocycles. The van der Waals surface area contributed by atoms with Gasteiger partial charge in [0.1, 0.15) is 12.4 Å². The van der Waals surface area contributed by atoms with Crippen LogP contribution in [-0.4, -0.2) is 11.5 Å². The van der Waals surface area contributed by atoms with Crippen molar-refractivity contribution < 1.29 is 4.74 Å². The molecule has 0 saturated carbocycles. The van der Waals surface area contributed by atoms with Crippen molar-refractivity contribution in [2.24, 2.45) is 5.73 Å². The summed E-state index contributed by atoms with van der Waals surface area (Å²) in [7, 11) is 0. The van der Waals surface area contributed by atoms with E-state index < -0.39 is 0 Å². The highest BCUT2D eigenvalue weighted by atomic mass is 32.1. The Morgan fingerprint density at radius 3 is 3.00 bits per heavy atom. The van der Waals surface area contributed by atoms with Crippen molar-refractivity contribution in [1.29, 1.82) is 0 Å². The van der Waals surface area contributed by atoms with Crippen LogP contribution in [0, 0.1) is 6.92 Å². The van der Waals surface area contributed by atoms with Crippen molar-refractivity contribution in [2.45, 2.75) is 20.0 Å². The minimum atomic E-state index is 0.576. The van der Waals surface area contributed by atoms with E-state index in [-0.39, 0.29) is 0 Å². The second kappa shape index (κ2) is 5.80. The number of para-hydroxylation sites is 1. The summed E-state index contributed by atoms with van der Waals surface area (Å²) in [4.78, 5) is 5.17. The molecule has 0 fully saturated rings. The van der Waals surface area contributed by atoms with Crippen LogP contribution in [0.3, 0.4) is 0 Å². The molecule has 3 nitrogen and oxygen atoms in total. The van der Waals surface area contributed by atoms with Crippen LogP contribution in [0.2, 0.25) is 0 Å². The zero-order chi connectivity index (χ0) is 12.1. The van der Waals surface area contributed by atoms with Gasteiger partial charge in [-0.15, -0.1) is 11.3 Å². The van der Waals surface area contributed by atoms with Gasteiger partial charge in [0.05, 0.1) is 10.4 Å². The summed E-state index contributed by atoms with van der Waals surface area (Å²) in [6.45, 7) is 3.27. The van der Waals surface area contributed by atoms with Gasteiger partial charge in [0.2, 0.25) is 0 Å². The molecule has 0 atom stereocenters. The summed E-state index contributed by atoms with van der Waals surface area (Å²) in [6, 6.07) is 6.17. The van der Waals surface area contributed by atoms with Gasteiger partial charge in [0.25, 0.3) is 0 Å². The molecule has 0 amide bonds. The molecule has 0 saturated heterocycles. The number of aryl methyl sites for hydroxylation is 1. The van der Waals surface area contributed by atoms with E-state index in [1.54, 1.807) is 11.3 Å². The Morgan fingerprint density at radius 2 is 2.29 bits per heavy atom. The highest BCUT2D eigenvalue weighted by Gasteiger charge is 2.07. The number of hydrogen-bond acceptors (Lipinski definition) is 4. The van der Waals surface area contributed by atoms with Gasteiger partial charge in [-0.1, -0.05) is 18.2 Å². The molecule has 90 valence electrons. The van der Waals surface area contributed by atoms with Crippen molar-refractivity contribution in [1.82, 2.24) is 4.98 Å². The molecule has 1 aromatic carbocycles. The van der Waals surface area contributed by atoms with Crippen LogP contribution >= 0.6 is 11.3 Å². The summed E-state index contributed by atoms with van der Waals surface area (Å²) >= 11 is 1.61. The molecule has 0 unspecified atom stereocenters.